The molecule has 0 saturated carbocycles. The van der Waals surface area contributed by atoms with Crippen molar-refractivity contribution in [2.75, 3.05) is 20.2 Å². The molecule has 1 fully saturated rings. The first-order valence-corrected chi connectivity index (χ1v) is 9.25. The van der Waals surface area contributed by atoms with E-state index in [-0.39, 0.29) is 11.4 Å². The molecule has 5 nitrogen and oxygen atoms in total. The van der Waals surface area contributed by atoms with Crippen molar-refractivity contribution in [1.29, 1.82) is 0 Å². The zero-order valence-electron chi connectivity index (χ0n) is 16.0. The number of aliphatic hydroxyl groups is 1. The van der Waals surface area contributed by atoms with E-state index in [1.165, 1.54) is 0 Å². The molecule has 25 heavy (non-hydrogen) atoms. The summed E-state index contributed by atoms with van der Waals surface area (Å²) in [6.07, 6.45) is 3.24. The third-order valence-corrected chi connectivity index (χ3v) is 5.58. The van der Waals surface area contributed by atoms with E-state index in [2.05, 4.69) is 26.1 Å². The monoisotopic (exact) mass is 348 g/mol. The highest BCUT2D eigenvalue weighted by atomic mass is 16.5. The molecular formula is C20H32N2O3. The Balaban J connectivity index is 2.06. The fourth-order valence-corrected chi connectivity index (χ4v) is 3.23. The molecular weight excluding hydrogens is 316 g/mol. The van der Waals surface area contributed by atoms with Crippen LogP contribution in [-0.2, 0) is 11.3 Å². The Morgan fingerprint density at radius 1 is 1.36 bits per heavy atom. The van der Waals surface area contributed by atoms with Crippen LogP contribution in [0.2, 0.25) is 0 Å². The summed E-state index contributed by atoms with van der Waals surface area (Å²) in [7, 11) is 1.63. The van der Waals surface area contributed by atoms with E-state index in [4.69, 9.17) is 4.74 Å². The zero-order chi connectivity index (χ0) is 18.5. The number of methoxy groups -OCH3 is 1. The minimum atomic E-state index is -1.32. The van der Waals surface area contributed by atoms with Gasteiger partial charge in [0.15, 0.2) is 5.60 Å². The number of hydrogen-bond donors (Lipinski definition) is 2. The topological polar surface area (TPSA) is 61.8 Å². The fourth-order valence-electron chi connectivity index (χ4n) is 3.23. The second-order valence-electron chi connectivity index (χ2n) is 7.33. The molecule has 0 aliphatic carbocycles. The fraction of sp³-hybridized carbons (Fsp3) is 0.650. The molecule has 2 N–H and O–H groups in total. The number of rotatable bonds is 8. The van der Waals surface area contributed by atoms with Gasteiger partial charge in [-0.2, -0.15) is 0 Å². The van der Waals surface area contributed by atoms with Gasteiger partial charge in [-0.15, -0.1) is 0 Å². The third kappa shape index (κ3) is 4.73. The van der Waals surface area contributed by atoms with Crippen LogP contribution in [0.25, 0.3) is 0 Å². The molecule has 0 spiro atoms. The van der Waals surface area contributed by atoms with Gasteiger partial charge < -0.3 is 20.1 Å². The van der Waals surface area contributed by atoms with E-state index >= 15 is 0 Å². The largest absolute Gasteiger partial charge is 0.497 e. The van der Waals surface area contributed by atoms with Gasteiger partial charge in [-0.3, -0.25) is 4.79 Å². The Morgan fingerprint density at radius 3 is 2.72 bits per heavy atom. The Hall–Kier alpha value is -1.59. The molecule has 2 rings (SSSR count). The first-order valence-electron chi connectivity index (χ1n) is 9.25. The van der Waals surface area contributed by atoms with Gasteiger partial charge >= 0.3 is 0 Å². The number of piperidine rings is 1. The number of hydrogen-bond acceptors (Lipinski definition) is 4. The van der Waals surface area contributed by atoms with Crippen molar-refractivity contribution >= 4 is 5.91 Å². The van der Waals surface area contributed by atoms with Gasteiger partial charge in [0.1, 0.15) is 5.75 Å². The highest BCUT2D eigenvalue weighted by Crippen LogP contribution is 2.26. The van der Waals surface area contributed by atoms with E-state index < -0.39 is 5.60 Å². The number of likely N-dealkylation sites (tertiary alicyclic amines) is 1. The first-order chi connectivity index (χ1) is 11.9. The maximum Gasteiger partial charge on any atom is 0.256 e. The average molecular weight is 348 g/mol. The van der Waals surface area contributed by atoms with Crippen molar-refractivity contribution < 1.29 is 14.6 Å². The predicted molar refractivity (Wildman–Crippen MR) is 99.6 cm³/mol. The highest BCUT2D eigenvalue weighted by Gasteiger charge is 2.42. The Kier molecular flexibility index (Phi) is 6.47. The SMILES string of the molecule is CCC(C)(CC)NC[C@]1(O)CCCN(Cc2cccc(OC)c2)C1=O. The van der Waals surface area contributed by atoms with Crippen LogP contribution in [-0.4, -0.2) is 47.3 Å². The van der Waals surface area contributed by atoms with Crippen molar-refractivity contribution in [3.8, 4) is 5.75 Å². The normalized spacial score (nSPS) is 21.5. The van der Waals surface area contributed by atoms with Crippen molar-refractivity contribution in [2.24, 2.45) is 0 Å². The minimum absolute atomic E-state index is 0.0505. The molecule has 0 aromatic heterocycles. The van der Waals surface area contributed by atoms with Gasteiger partial charge in [0.05, 0.1) is 7.11 Å². The van der Waals surface area contributed by atoms with Gasteiger partial charge in [0, 0.05) is 25.2 Å². The van der Waals surface area contributed by atoms with Crippen LogP contribution in [0, 0.1) is 0 Å². The van der Waals surface area contributed by atoms with E-state index in [9.17, 15) is 9.90 Å². The van der Waals surface area contributed by atoms with Gasteiger partial charge in [0.25, 0.3) is 5.91 Å². The maximum atomic E-state index is 12.9. The second-order valence-corrected chi connectivity index (χ2v) is 7.33. The lowest BCUT2D eigenvalue weighted by Crippen LogP contribution is -2.60. The molecule has 1 aromatic carbocycles. The number of β-amino-alcohol motifs (C(OH)–C–C–N with tert-alkyl or cyclic N) is 1. The van der Waals surface area contributed by atoms with E-state index in [0.29, 0.717) is 26.1 Å². The molecule has 0 bridgehead atoms. The van der Waals surface area contributed by atoms with Gasteiger partial charge in [-0.05, 0) is 50.3 Å². The molecule has 1 saturated heterocycles. The molecule has 1 heterocycles. The summed E-state index contributed by atoms with van der Waals surface area (Å²) in [6, 6.07) is 7.72. The number of benzene rings is 1. The quantitative estimate of drug-likeness (QED) is 0.758. The molecule has 0 radical (unpaired) electrons. The molecule has 1 aliphatic rings. The summed E-state index contributed by atoms with van der Waals surface area (Å²) in [5.41, 5.74) is -0.356. The zero-order valence-corrected chi connectivity index (χ0v) is 16.0. The summed E-state index contributed by atoms with van der Waals surface area (Å²) >= 11 is 0. The standard InChI is InChI=1S/C20H32N2O3/c1-5-19(3,6-2)21-15-20(24)11-8-12-22(18(20)23)14-16-9-7-10-17(13-16)25-4/h7,9-10,13,21,24H,5-6,8,11-12,14-15H2,1-4H3/t20-/m1/s1. The van der Waals surface area contributed by atoms with Crippen molar-refractivity contribution in [2.45, 2.75) is 64.1 Å². The summed E-state index contributed by atoms with van der Waals surface area (Å²) in [5.74, 6) is 0.601. The maximum absolute atomic E-state index is 12.9. The average Bonchev–Trinajstić information content (AvgIpc) is 2.64. The summed E-state index contributed by atoms with van der Waals surface area (Å²) < 4.78 is 5.25. The number of nitrogens with zero attached hydrogens (tertiary/aromatic N) is 1. The summed E-state index contributed by atoms with van der Waals surface area (Å²) in [6.45, 7) is 7.86. The molecule has 1 aliphatic heterocycles. The number of amides is 1. The highest BCUT2D eigenvalue weighted by molar-refractivity contribution is 5.86. The van der Waals surface area contributed by atoms with E-state index in [1.807, 2.05) is 24.3 Å². The predicted octanol–water partition coefficient (Wildman–Crippen LogP) is 2.72. The van der Waals surface area contributed by atoms with Gasteiger partial charge in [-0.25, -0.2) is 0 Å². The molecule has 1 atom stereocenters. The molecule has 0 unspecified atom stereocenters. The van der Waals surface area contributed by atoms with Crippen LogP contribution >= 0.6 is 0 Å². The van der Waals surface area contributed by atoms with Gasteiger partial charge in [-0.1, -0.05) is 26.0 Å². The van der Waals surface area contributed by atoms with Crippen LogP contribution < -0.4 is 10.1 Å². The van der Waals surface area contributed by atoms with Crippen molar-refractivity contribution in [3.05, 3.63) is 29.8 Å². The lowest BCUT2D eigenvalue weighted by Gasteiger charge is -2.40. The van der Waals surface area contributed by atoms with E-state index in [1.54, 1.807) is 12.0 Å². The van der Waals surface area contributed by atoms with E-state index in [0.717, 1.165) is 30.6 Å². The number of carbonyl (C=O) groups is 1. The number of nitrogens with one attached hydrogen (secondary N) is 1. The Labute approximate surface area is 151 Å². The smallest absolute Gasteiger partial charge is 0.256 e. The third-order valence-electron chi connectivity index (χ3n) is 5.58. The lowest BCUT2D eigenvalue weighted by molar-refractivity contribution is -0.157. The summed E-state index contributed by atoms with van der Waals surface area (Å²) in [5, 5.41) is 14.4. The number of carbonyl (C=O) groups excluding carboxylic acids is 1. The van der Waals surface area contributed by atoms with Crippen LogP contribution in [0.3, 0.4) is 0 Å². The molecule has 1 aromatic rings. The van der Waals surface area contributed by atoms with Crippen LogP contribution in [0.5, 0.6) is 5.75 Å². The number of ether oxygens (including phenoxy) is 1. The molecule has 1 amide bonds. The lowest BCUT2D eigenvalue weighted by atomic mass is 9.88. The molecule has 140 valence electrons. The van der Waals surface area contributed by atoms with Crippen LogP contribution in [0.15, 0.2) is 24.3 Å². The Bertz CT molecular complexity index is 586. The van der Waals surface area contributed by atoms with Gasteiger partial charge in [0.2, 0.25) is 0 Å². The first kappa shape index (κ1) is 19.7. The van der Waals surface area contributed by atoms with Crippen LogP contribution in [0.4, 0.5) is 0 Å². The van der Waals surface area contributed by atoms with Crippen LogP contribution in [0.1, 0.15) is 52.0 Å². The van der Waals surface area contributed by atoms with Crippen molar-refractivity contribution in [3.63, 3.8) is 0 Å². The molecule has 5 heteroatoms. The van der Waals surface area contributed by atoms with Crippen molar-refractivity contribution in [1.82, 2.24) is 10.2 Å². The summed E-state index contributed by atoms with van der Waals surface area (Å²) in [4.78, 5) is 14.7. The Morgan fingerprint density at radius 2 is 2.08 bits per heavy atom. The minimum Gasteiger partial charge on any atom is -0.497 e. The second kappa shape index (κ2) is 8.19.